The molecule has 1 amide bonds. The molecule has 13 heteroatoms. The Morgan fingerprint density at radius 2 is 1.90 bits per heavy atom. The number of hydrogen-bond donors (Lipinski definition) is 4. The predicted molar refractivity (Wildman–Crippen MR) is 157 cm³/mol. The van der Waals surface area contributed by atoms with Crippen molar-refractivity contribution in [1.82, 2.24) is 9.80 Å². The Balaban J connectivity index is 1.60. The monoisotopic (exact) mass is 567 g/mol. The largest absolute Gasteiger partial charge is 0.418 e. The number of hydrogen-bond acceptors (Lipinski definition) is 9. The average Bonchev–Trinajstić information content (AvgIpc) is 3.15. The van der Waals surface area contributed by atoms with Crippen molar-refractivity contribution < 1.29 is 18.0 Å². The van der Waals surface area contributed by atoms with E-state index in [-0.39, 0.29) is 17.1 Å². The van der Waals surface area contributed by atoms with Gasteiger partial charge in [0.05, 0.1) is 11.8 Å². The number of nitrogen functional groups attached to an aromatic ring is 1. The van der Waals surface area contributed by atoms with Gasteiger partial charge in [-0.2, -0.15) is 13.2 Å². The second-order valence-corrected chi connectivity index (χ2v) is 9.68. The van der Waals surface area contributed by atoms with Crippen LogP contribution in [0, 0.1) is 6.92 Å². The van der Waals surface area contributed by atoms with Crippen LogP contribution in [0.25, 0.3) is 0 Å². The third-order valence-electron chi connectivity index (χ3n) is 6.63. The van der Waals surface area contributed by atoms with E-state index < -0.39 is 23.3 Å². The highest BCUT2D eigenvalue weighted by Crippen LogP contribution is 2.35. The zero-order chi connectivity index (χ0) is 29.7. The lowest BCUT2D eigenvalue weighted by Crippen LogP contribution is -2.36. The molecule has 4 rings (SSSR count). The number of allylic oxidation sites excluding steroid dienone is 1. The van der Waals surface area contributed by atoms with Crippen molar-refractivity contribution in [3.63, 3.8) is 0 Å². The molecule has 41 heavy (non-hydrogen) atoms. The van der Waals surface area contributed by atoms with Crippen LogP contribution in [0.3, 0.4) is 0 Å². The van der Waals surface area contributed by atoms with Crippen molar-refractivity contribution in [2.45, 2.75) is 19.5 Å². The number of halogens is 3. The number of rotatable bonds is 5. The summed E-state index contributed by atoms with van der Waals surface area (Å²) in [5, 5.41) is 5.60. The SMILES string of the molecule is C=C/N=C1/C=NC(N2CCCN(C)CC2)=N/C1=C(/N)Nc1cc(C(=O)Nc2ccc(N)c(C(F)(F)F)c2)ccc1C. The molecular formula is C28H32F3N9O. The van der Waals surface area contributed by atoms with E-state index in [4.69, 9.17) is 16.5 Å². The maximum atomic E-state index is 13.2. The van der Waals surface area contributed by atoms with E-state index in [0.717, 1.165) is 50.3 Å². The van der Waals surface area contributed by atoms with Gasteiger partial charge in [0.1, 0.15) is 17.2 Å². The van der Waals surface area contributed by atoms with Crippen molar-refractivity contribution in [3.05, 3.63) is 77.4 Å². The van der Waals surface area contributed by atoms with Gasteiger partial charge in [-0.05, 0) is 62.8 Å². The smallest absolute Gasteiger partial charge is 0.398 e. The number of nitrogens with one attached hydrogen (secondary N) is 2. The Bertz CT molecular complexity index is 1460. The van der Waals surface area contributed by atoms with Crippen LogP contribution < -0.4 is 22.1 Å². The van der Waals surface area contributed by atoms with E-state index in [1.807, 2.05) is 6.92 Å². The standard InChI is InChI=1S/C28H32F3N9O/c1-4-34-23-16-35-27(40-11-5-10-39(3)12-13-40)38-24(23)25(33)37-22-14-18(7-6-17(22)2)26(41)36-19-8-9-21(32)20(15-19)28(29,30)31/h4,6-9,14-16,37H,1,5,10-13,32-33H2,2-3H3,(H,36,41)/b25-24-,34-23-. The number of likely N-dealkylation sites (N-methyl/N-ethyl adjacent to an activating group) is 1. The summed E-state index contributed by atoms with van der Waals surface area (Å²) < 4.78 is 39.7. The van der Waals surface area contributed by atoms with Gasteiger partial charge in [-0.3, -0.25) is 9.79 Å². The van der Waals surface area contributed by atoms with Gasteiger partial charge >= 0.3 is 6.18 Å². The fourth-order valence-electron chi connectivity index (χ4n) is 4.34. The van der Waals surface area contributed by atoms with Crippen LogP contribution >= 0.6 is 0 Å². The van der Waals surface area contributed by atoms with Crippen molar-refractivity contribution in [1.29, 1.82) is 0 Å². The van der Waals surface area contributed by atoms with E-state index in [1.54, 1.807) is 24.4 Å². The van der Waals surface area contributed by atoms with Gasteiger partial charge < -0.3 is 31.9 Å². The quantitative estimate of drug-likeness (QED) is 0.403. The number of carbonyl (C=O) groups excluding carboxylic acids is 1. The molecule has 1 fully saturated rings. The molecule has 0 unspecified atom stereocenters. The fraction of sp³-hybridized carbons (Fsp3) is 0.286. The first-order valence-corrected chi connectivity index (χ1v) is 12.9. The number of aryl methyl sites for hydroxylation is 1. The summed E-state index contributed by atoms with van der Waals surface area (Å²) in [6.07, 6.45) is -0.734. The molecule has 0 aromatic heterocycles. The minimum atomic E-state index is -4.65. The molecule has 2 aliphatic heterocycles. The van der Waals surface area contributed by atoms with Crippen LogP contribution in [-0.4, -0.2) is 66.8 Å². The molecule has 2 aliphatic rings. The topological polar surface area (TPSA) is 137 Å². The molecule has 1 saturated heterocycles. The molecule has 0 aliphatic carbocycles. The van der Waals surface area contributed by atoms with E-state index >= 15 is 0 Å². The summed E-state index contributed by atoms with van der Waals surface area (Å²) in [6, 6.07) is 8.01. The number of nitrogens with two attached hydrogens (primary N) is 2. The molecule has 6 N–H and O–H groups in total. The highest BCUT2D eigenvalue weighted by atomic mass is 19.4. The molecule has 0 saturated carbocycles. The summed E-state index contributed by atoms with van der Waals surface area (Å²) >= 11 is 0. The first-order chi connectivity index (χ1) is 19.5. The van der Waals surface area contributed by atoms with Gasteiger partial charge in [0.25, 0.3) is 5.91 Å². The average molecular weight is 568 g/mol. The van der Waals surface area contributed by atoms with Gasteiger partial charge in [-0.1, -0.05) is 12.6 Å². The summed E-state index contributed by atoms with van der Waals surface area (Å²) in [5.41, 5.74) is 12.7. The van der Waals surface area contributed by atoms with Crippen molar-refractivity contribution in [2.75, 3.05) is 49.6 Å². The van der Waals surface area contributed by atoms with Crippen molar-refractivity contribution in [3.8, 4) is 0 Å². The Morgan fingerprint density at radius 1 is 1.12 bits per heavy atom. The normalized spacial score (nSPS) is 18.5. The molecule has 0 bridgehead atoms. The lowest BCUT2D eigenvalue weighted by Gasteiger charge is -2.24. The second-order valence-electron chi connectivity index (χ2n) is 9.68. The van der Waals surface area contributed by atoms with Gasteiger partial charge in [0, 0.05) is 48.5 Å². The van der Waals surface area contributed by atoms with Crippen molar-refractivity contribution in [2.24, 2.45) is 20.7 Å². The number of aliphatic imine (C=N–C) groups is 3. The summed E-state index contributed by atoms with van der Waals surface area (Å²) in [5.74, 6) is 0.0900. The Labute approximate surface area is 236 Å². The highest BCUT2D eigenvalue weighted by Gasteiger charge is 2.33. The zero-order valence-corrected chi connectivity index (χ0v) is 22.8. The summed E-state index contributed by atoms with van der Waals surface area (Å²) in [7, 11) is 2.07. The molecule has 10 nitrogen and oxygen atoms in total. The fourth-order valence-corrected chi connectivity index (χ4v) is 4.34. The van der Waals surface area contributed by atoms with Crippen LogP contribution in [0.2, 0.25) is 0 Å². The van der Waals surface area contributed by atoms with Crippen LogP contribution in [0.4, 0.5) is 30.2 Å². The molecule has 2 aromatic carbocycles. The first-order valence-electron chi connectivity index (χ1n) is 12.9. The number of benzene rings is 2. The van der Waals surface area contributed by atoms with Gasteiger partial charge in [0.2, 0.25) is 5.96 Å². The maximum Gasteiger partial charge on any atom is 0.418 e. The van der Waals surface area contributed by atoms with Crippen LogP contribution in [0.5, 0.6) is 0 Å². The van der Waals surface area contributed by atoms with Crippen LogP contribution in [-0.2, 0) is 6.18 Å². The van der Waals surface area contributed by atoms with Crippen LogP contribution in [0.15, 0.2) is 75.7 Å². The molecule has 0 spiro atoms. The van der Waals surface area contributed by atoms with Gasteiger partial charge in [-0.25, -0.2) is 9.98 Å². The third-order valence-corrected chi connectivity index (χ3v) is 6.63. The number of nitrogens with zero attached hydrogens (tertiary/aromatic N) is 5. The molecule has 2 heterocycles. The number of amides is 1. The number of guanidine groups is 1. The summed E-state index contributed by atoms with van der Waals surface area (Å²) in [4.78, 5) is 30.7. The number of carbonyl (C=O) groups is 1. The van der Waals surface area contributed by atoms with Gasteiger partial charge in [0.15, 0.2) is 0 Å². The maximum absolute atomic E-state index is 13.2. The van der Waals surface area contributed by atoms with Crippen LogP contribution in [0.1, 0.15) is 27.9 Å². The third kappa shape index (κ3) is 7.11. The number of anilines is 3. The minimum absolute atomic E-state index is 0.0402. The zero-order valence-electron chi connectivity index (χ0n) is 22.8. The molecule has 216 valence electrons. The number of alkyl halides is 3. The lowest BCUT2D eigenvalue weighted by atomic mass is 10.1. The van der Waals surface area contributed by atoms with Crippen molar-refractivity contribution >= 4 is 40.9 Å². The molecular weight excluding hydrogens is 535 g/mol. The molecule has 0 atom stereocenters. The molecule has 0 radical (unpaired) electrons. The lowest BCUT2D eigenvalue weighted by molar-refractivity contribution is -0.136. The Hall–Kier alpha value is -4.65. The highest BCUT2D eigenvalue weighted by molar-refractivity contribution is 6.41. The van der Waals surface area contributed by atoms with Gasteiger partial charge in [-0.15, -0.1) is 0 Å². The first kappa shape index (κ1) is 29.3. The van der Waals surface area contributed by atoms with E-state index in [0.29, 0.717) is 23.1 Å². The minimum Gasteiger partial charge on any atom is -0.398 e. The molecule has 2 aromatic rings. The Morgan fingerprint density at radius 3 is 2.63 bits per heavy atom. The van der Waals surface area contributed by atoms with E-state index in [1.165, 1.54) is 12.3 Å². The second kappa shape index (κ2) is 12.3. The predicted octanol–water partition coefficient (Wildman–Crippen LogP) is 4.05. The Kier molecular flexibility index (Phi) is 8.77. The summed E-state index contributed by atoms with van der Waals surface area (Å²) in [6.45, 7) is 8.88. The van der Waals surface area contributed by atoms with E-state index in [2.05, 4.69) is 44.0 Å². The van der Waals surface area contributed by atoms with E-state index in [9.17, 15) is 18.0 Å².